The third-order valence-electron chi connectivity index (χ3n) is 2.52. The monoisotopic (exact) mass is 214 g/mol. The molecule has 3 rings (SSSR count). The number of fused-ring (bicyclic) bond motifs is 2. The summed E-state index contributed by atoms with van der Waals surface area (Å²) in [7, 11) is 0. The minimum atomic E-state index is -0.639. The average molecular weight is 214 g/mol. The lowest BCUT2D eigenvalue weighted by Crippen LogP contribution is -2.08. The molecule has 1 heterocycles. The highest BCUT2D eigenvalue weighted by Crippen LogP contribution is 2.18. The normalized spacial score (nSPS) is 11.0. The second-order valence-electron chi connectivity index (χ2n) is 3.49. The Morgan fingerprint density at radius 2 is 1.19 bits per heavy atom. The summed E-state index contributed by atoms with van der Waals surface area (Å²) in [6.45, 7) is 0. The van der Waals surface area contributed by atoms with E-state index in [4.69, 9.17) is 0 Å². The van der Waals surface area contributed by atoms with Crippen LogP contribution in [0.1, 0.15) is 0 Å². The van der Waals surface area contributed by atoms with Crippen LogP contribution in [0.4, 0.5) is 0 Å². The Morgan fingerprint density at radius 1 is 0.750 bits per heavy atom. The van der Waals surface area contributed by atoms with E-state index in [2.05, 4.69) is 9.15 Å². The third kappa shape index (κ3) is 1.16. The van der Waals surface area contributed by atoms with E-state index >= 15 is 0 Å². The topological polar surface area (TPSA) is 60.4 Å². The van der Waals surface area contributed by atoms with Crippen LogP contribution in [0.2, 0.25) is 0 Å². The van der Waals surface area contributed by atoms with Crippen LogP contribution >= 0.6 is 0 Å². The Bertz CT molecular complexity index is 727. The second kappa shape index (κ2) is 3.06. The molecule has 0 aliphatic rings. The van der Waals surface area contributed by atoms with Gasteiger partial charge in [0, 0.05) is 0 Å². The molecule has 2 aromatic carbocycles. The van der Waals surface area contributed by atoms with Gasteiger partial charge in [-0.2, -0.15) is 0 Å². The molecule has 16 heavy (non-hydrogen) atoms. The molecule has 1 aromatic heterocycles. The molecular weight excluding hydrogens is 208 g/mol. The van der Waals surface area contributed by atoms with E-state index in [1.807, 2.05) is 24.3 Å². The number of rotatable bonds is 0. The molecule has 0 unspecified atom stereocenters. The van der Waals surface area contributed by atoms with E-state index in [9.17, 15) is 9.59 Å². The average Bonchev–Trinajstić information content (AvgIpc) is 2.32. The lowest BCUT2D eigenvalue weighted by atomic mass is 10.1. The first-order valence-corrected chi connectivity index (χ1v) is 4.72. The van der Waals surface area contributed by atoms with E-state index < -0.39 is 11.3 Å². The van der Waals surface area contributed by atoms with Crippen molar-refractivity contribution in [1.82, 2.24) is 0 Å². The van der Waals surface area contributed by atoms with Gasteiger partial charge in [0.15, 0.2) is 0 Å². The molecule has 0 saturated carbocycles. The first-order valence-electron chi connectivity index (χ1n) is 4.72. The molecular formula is C12H6O4. The molecule has 4 nitrogen and oxygen atoms in total. The van der Waals surface area contributed by atoms with E-state index in [0.29, 0.717) is 0 Å². The quantitative estimate of drug-likeness (QED) is 0.423. The van der Waals surface area contributed by atoms with E-state index in [-0.39, 0.29) is 10.8 Å². The largest absolute Gasteiger partial charge is 0.387 e. The van der Waals surface area contributed by atoms with Crippen LogP contribution in [0, 0.1) is 0 Å². The Hall–Kier alpha value is -2.36. The second-order valence-corrected chi connectivity index (χ2v) is 3.49. The summed E-state index contributed by atoms with van der Waals surface area (Å²) in [5.41, 5.74) is -1.28. The molecule has 0 aliphatic carbocycles. The lowest BCUT2D eigenvalue weighted by molar-refractivity contribution is 0.0217. The molecule has 0 spiro atoms. The third-order valence-corrected chi connectivity index (χ3v) is 2.52. The maximum atomic E-state index is 11.4. The van der Waals surface area contributed by atoms with Crippen molar-refractivity contribution in [2.24, 2.45) is 0 Å². The molecule has 0 aliphatic heterocycles. The standard InChI is InChI=1S/C12H6O4/c13-11-9-5-7-3-1-2-4-8(7)6-10(9)12(14)16-15-11/h1-6H. The highest BCUT2D eigenvalue weighted by Gasteiger charge is 2.07. The zero-order chi connectivity index (χ0) is 11.1. The van der Waals surface area contributed by atoms with Crippen LogP contribution in [-0.4, -0.2) is 0 Å². The molecule has 0 amide bonds. The van der Waals surface area contributed by atoms with Gasteiger partial charge < -0.3 is 0 Å². The summed E-state index contributed by atoms with van der Waals surface area (Å²) >= 11 is 0. The van der Waals surface area contributed by atoms with Crippen LogP contribution in [0.15, 0.2) is 55.1 Å². The summed E-state index contributed by atoms with van der Waals surface area (Å²) in [5.74, 6) is 0. The summed E-state index contributed by atoms with van der Waals surface area (Å²) in [4.78, 5) is 22.8. The molecule has 0 saturated heterocycles. The maximum absolute atomic E-state index is 11.4. The smallest absolute Gasteiger partial charge is 0.241 e. The van der Waals surface area contributed by atoms with Gasteiger partial charge in [0.05, 0.1) is 10.8 Å². The van der Waals surface area contributed by atoms with Gasteiger partial charge in [-0.25, -0.2) is 18.7 Å². The van der Waals surface area contributed by atoms with Gasteiger partial charge >= 0.3 is 11.3 Å². The Morgan fingerprint density at radius 3 is 1.62 bits per heavy atom. The van der Waals surface area contributed by atoms with Gasteiger partial charge in [-0.3, -0.25) is 0 Å². The van der Waals surface area contributed by atoms with Crippen molar-refractivity contribution >= 4 is 21.5 Å². The fraction of sp³-hybridized carbons (Fsp3) is 0. The first-order chi connectivity index (χ1) is 7.75. The number of hydrogen-bond acceptors (Lipinski definition) is 4. The van der Waals surface area contributed by atoms with Crippen molar-refractivity contribution in [1.29, 1.82) is 0 Å². The van der Waals surface area contributed by atoms with Crippen molar-refractivity contribution in [3.05, 3.63) is 57.2 Å². The van der Waals surface area contributed by atoms with Crippen molar-refractivity contribution in [3.63, 3.8) is 0 Å². The highest BCUT2D eigenvalue weighted by atomic mass is 17.0. The van der Waals surface area contributed by atoms with E-state index in [1.54, 1.807) is 12.1 Å². The van der Waals surface area contributed by atoms with Crippen LogP contribution in [0.3, 0.4) is 0 Å². The molecule has 0 fully saturated rings. The molecule has 0 radical (unpaired) electrons. The maximum Gasteiger partial charge on any atom is 0.387 e. The van der Waals surface area contributed by atoms with Gasteiger partial charge in [0.2, 0.25) is 0 Å². The van der Waals surface area contributed by atoms with Crippen LogP contribution in [0.25, 0.3) is 21.5 Å². The van der Waals surface area contributed by atoms with Crippen LogP contribution < -0.4 is 11.3 Å². The summed E-state index contributed by atoms with van der Waals surface area (Å²) in [5, 5.41) is 2.26. The summed E-state index contributed by atoms with van der Waals surface area (Å²) in [6.07, 6.45) is 0. The SMILES string of the molecule is O=c1ooc(=O)c2cc3ccccc3cc12. The van der Waals surface area contributed by atoms with Gasteiger partial charge in [-0.05, 0) is 22.9 Å². The summed E-state index contributed by atoms with van der Waals surface area (Å²) < 4.78 is 8.55. The van der Waals surface area contributed by atoms with Crippen molar-refractivity contribution in [2.75, 3.05) is 0 Å². The number of hydrogen-bond donors (Lipinski definition) is 0. The van der Waals surface area contributed by atoms with Gasteiger partial charge in [-0.1, -0.05) is 24.3 Å². The first kappa shape index (κ1) is 8.91. The Kier molecular flexibility index (Phi) is 1.71. The fourth-order valence-corrected chi connectivity index (χ4v) is 1.74. The molecule has 3 aromatic rings. The molecule has 0 atom stereocenters. The Labute approximate surface area is 88.7 Å². The number of benzene rings is 2. The zero-order valence-electron chi connectivity index (χ0n) is 8.10. The van der Waals surface area contributed by atoms with E-state index in [0.717, 1.165) is 10.8 Å². The van der Waals surface area contributed by atoms with Crippen LogP contribution in [-0.2, 0) is 0 Å². The van der Waals surface area contributed by atoms with E-state index in [1.165, 1.54) is 0 Å². The molecule has 4 heteroatoms. The molecule has 78 valence electrons. The molecule has 0 bridgehead atoms. The fourth-order valence-electron chi connectivity index (χ4n) is 1.74. The van der Waals surface area contributed by atoms with Crippen molar-refractivity contribution < 1.29 is 9.15 Å². The predicted octanol–water partition coefficient (Wildman–Crippen LogP) is 1.90. The van der Waals surface area contributed by atoms with Crippen LogP contribution in [0.5, 0.6) is 0 Å². The van der Waals surface area contributed by atoms with Crippen molar-refractivity contribution in [3.8, 4) is 0 Å². The molecule has 0 N–H and O–H groups in total. The Balaban J connectivity index is 2.66. The van der Waals surface area contributed by atoms with Gasteiger partial charge in [0.1, 0.15) is 0 Å². The summed E-state index contributed by atoms with van der Waals surface area (Å²) in [6, 6.07) is 10.7. The van der Waals surface area contributed by atoms with Gasteiger partial charge in [-0.15, -0.1) is 0 Å². The van der Waals surface area contributed by atoms with Gasteiger partial charge in [0.25, 0.3) is 0 Å². The lowest BCUT2D eigenvalue weighted by Gasteiger charge is -1.98. The minimum absolute atomic E-state index is 0.245. The van der Waals surface area contributed by atoms with Crippen molar-refractivity contribution in [2.45, 2.75) is 0 Å². The predicted molar refractivity (Wildman–Crippen MR) is 58.5 cm³/mol. The highest BCUT2D eigenvalue weighted by molar-refractivity contribution is 5.96. The zero-order valence-corrected chi connectivity index (χ0v) is 8.10. The minimum Gasteiger partial charge on any atom is -0.241 e.